The highest BCUT2D eigenvalue weighted by atomic mass is 16.5. The number of ether oxygens (including phenoxy) is 1. The number of anilines is 1. The van der Waals surface area contributed by atoms with Crippen LogP contribution in [0.15, 0.2) is 33.2 Å². The topological polar surface area (TPSA) is 103 Å². The van der Waals surface area contributed by atoms with Gasteiger partial charge in [-0.25, -0.2) is 0 Å². The second-order valence-electron chi connectivity index (χ2n) is 5.42. The van der Waals surface area contributed by atoms with Crippen molar-refractivity contribution in [2.45, 2.75) is 26.7 Å². The second kappa shape index (κ2) is 7.16. The van der Waals surface area contributed by atoms with E-state index in [0.29, 0.717) is 34.5 Å². The van der Waals surface area contributed by atoms with Gasteiger partial charge in [0.2, 0.25) is 11.8 Å². The molecule has 0 radical (unpaired) electrons. The first-order valence-electron chi connectivity index (χ1n) is 7.86. The average molecular weight is 342 g/mol. The average Bonchev–Trinajstić information content (AvgIpc) is 3.24. The quantitative estimate of drug-likeness (QED) is 0.733. The molecule has 0 unspecified atom stereocenters. The minimum Gasteiger partial charge on any atom is -0.495 e. The van der Waals surface area contributed by atoms with E-state index in [0.717, 1.165) is 12.8 Å². The first kappa shape index (κ1) is 16.7. The van der Waals surface area contributed by atoms with Gasteiger partial charge >= 0.3 is 0 Å². The van der Waals surface area contributed by atoms with Crippen molar-refractivity contribution in [3.05, 3.63) is 41.6 Å². The van der Waals surface area contributed by atoms with E-state index in [1.54, 1.807) is 31.2 Å². The summed E-state index contributed by atoms with van der Waals surface area (Å²) in [5, 5.41) is 14.4. The number of nitrogens with zero attached hydrogens (tertiary/aromatic N) is 3. The summed E-state index contributed by atoms with van der Waals surface area (Å²) in [7, 11) is 1.52. The zero-order valence-corrected chi connectivity index (χ0v) is 14.2. The van der Waals surface area contributed by atoms with Crippen LogP contribution in [0.25, 0.3) is 11.5 Å². The Morgan fingerprint density at radius 2 is 2.12 bits per heavy atom. The van der Waals surface area contributed by atoms with Gasteiger partial charge in [-0.1, -0.05) is 12.1 Å². The Labute approximate surface area is 144 Å². The number of nitrogens with one attached hydrogen (secondary N) is 1. The molecule has 3 rings (SSSR count). The van der Waals surface area contributed by atoms with Crippen LogP contribution in [0.2, 0.25) is 0 Å². The first-order valence-corrected chi connectivity index (χ1v) is 7.86. The van der Waals surface area contributed by atoms with Crippen molar-refractivity contribution in [3.63, 3.8) is 0 Å². The smallest absolute Gasteiger partial charge is 0.277 e. The Kier molecular flexibility index (Phi) is 4.78. The van der Waals surface area contributed by atoms with E-state index in [9.17, 15) is 4.79 Å². The molecule has 3 aromatic rings. The predicted octanol–water partition coefficient (Wildman–Crippen LogP) is 3.25. The van der Waals surface area contributed by atoms with Gasteiger partial charge in [0.05, 0.1) is 12.8 Å². The van der Waals surface area contributed by atoms with E-state index in [4.69, 9.17) is 13.7 Å². The zero-order valence-electron chi connectivity index (χ0n) is 14.2. The van der Waals surface area contributed by atoms with Crippen LogP contribution in [0.4, 0.5) is 5.69 Å². The van der Waals surface area contributed by atoms with Crippen LogP contribution >= 0.6 is 0 Å². The Morgan fingerprint density at radius 3 is 2.80 bits per heavy atom. The molecule has 1 amide bonds. The number of aromatic nitrogens is 3. The lowest BCUT2D eigenvalue weighted by Gasteiger charge is -2.10. The molecule has 25 heavy (non-hydrogen) atoms. The van der Waals surface area contributed by atoms with E-state index in [2.05, 4.69) is 20.7 Å². The fourth-order valence-electron chi connectivity index (χ4n) is 2.32. The molecule has 1 N–H and O–H groups in total. The number of amides is 1. The van der Waals surface area contributed by atoms with Gasteiger partial charge in [-0.3, -0.25) is 4.79 Å². The molecule has 130 valence electrons. The van der Waals surface area contributed by atoms with Crippen molar-refractivity contribution in [3.8, 4) is 17.2 Å². The van der Waals surface area contributed by atoms with E-state index in [1.807, 2.05) is 6.92 Å². The summed E-state index contributed by atoms with van der Waals surface area (Å²) >= 11 is 0. The van der Waals surface area contributed by atoms with Gasteiger partial charge in [-0.05, 0) is 24.6 Å². The van der Waals surface area contributed by atoms with Crippen molar-refractivity contribution in [2.75, 3.05) is 12.4 Å². The number of benzene rings is 1. The summed E-state index contributed by atoms with van der Waals surface area (Å²) in [6, 6.07) is 6.83. The van der Waals surface area contributed by atoms with Gasteiger partial charge in [0.25, 0.3) is 5.91 Å². The monoisotopic (exact) mass is 342 g/mol. The van der Waals surface area contributed by atoms with Crippen LogP contribution in [-0.4, -0.2) is 28.4 Å². The third-order valence-corrected chi connectivity index (χ3v) is 3.51. The fraction of sp³-hybridized carbons (Fsp3) is 0.294. The molecule has 0 atom stereocenters. The Bertz CT molecular complexity index is 884. The van der Waals surface area contributed by atoms with E-state index < -0.39 is 0 Å². The highest BCUT2D eigenvalue weighted by Crippen LogP contribution is 2.30. The number of hydrogen-bond donors (Lipinski definition) is 1. The Balaban J connectivity index is 1.85. The van der Waals surface area contributed by atoms with Crippen LogP contribution in [0.5, 0.6) is 5.75 Å². The van der Waals surface area contributed by atoms with Crippen molar-refractivity contribution in [2.24, 2.45) is 0 Å². The third kappa shape index (κ3) is 3.68. The number of rotatable bonds is 6. The molecule has 0 bridgehead atoms. The molecule has 1 aromatic carbocycles. The molecule has 0 aliphatic heterocycles. The van der Waals surface area contributed by atoms with Crippen LogP contribution in [0.3, 0.4) is 0 Å². The van der Waals surface area contributed by atoms with Crippen molar-refractivity contribution >= 4 is 11.6 Å². The predicted molar refractivity (Wildman–Crippen MR) is 89.5 cm³/mol. The molecule has 0 saturated heterocycles. The highest BCUT2D eigenvalue weighted by Gasteiger charge is 2.16. The molecular formula is C17H18N4O4. The lowest BCUT2D eigenvalue weighted by Crippen LogP contribution is -2.13. The van der Waals surface area contributed by atoms with Gasteiger partial charge in [-0.15, -0.1) is 10.2 Å². The number of aryl methyl sites for hydroxylation is 2. The van der Waals surface area contributed by atoms with E-state index in [-0.39, 0.29) is 11.6 Å². The van der Waals surface area contributed by atoms with Crippen molar-refractivity contribution in [1.29, 1.82) is 0 Å². The Morgan fingerprint density at radius 1 is 1.28 bits per heavy atom. The molecule has 0 aliphatic carbocycles. The maximum Gasteiger partial charge on any atom is 0.277 e. The third-order valence-electron chi connectivity index (χ3n) is 3.51. The van der Waals surface area contributed by atoms with Gasteiger partial charge in [0.1, 0.15) is 11.5 Å². The largest absolute Gasteiger partial charge is 0.495 e. The van der Waals surface area contributed by atoms with Crippen LogP contribution in [0, 0.1) is 6.92 Å². The number of hydrogen-bond acceptors (Lipinski definition) is 7. The summed E-state index contributed by atoms with van der Waals surface area (Å²) in [4.78, 5) is 12.4. The zero-order chi connectivity index (χ0) is 17.8. The molecule has 0 saturated carbocycles. The van der Waals surface area contributed by atoms with Crippen molar-refractivity contribution in [1.82, 2.24) is 15.4 Å². The SMILES string of the molecule is CCCc1cc(C(=O)Nc2cc(-c3nnc(C)o3)ccc2OC)no1. The first-order chi connectivity index (χ1) is 12.1. The van der Waals surface area contributed by atoms with Crippen LogP contribution in [-0.2, 0) is 6.42 Å². The van der Waals surface area contributed by atoms with E-state index in [1.165, 1.54) is 7.11 Å². The van der Waals surface area contributed by atoms with Crippen LogP contribution < -0.4 is 10.1 Å². The minimum absolute atomic E-state index is 0.213. The molecule has 0 aliphatic rings. The standard InChI is InChI=1S/C17H18N4O4/c1-4-5-12-9-14(21-25-12)16(22)18-13-8-11(6-7-15(13)23-3)17-20-19-10(2)24-17/h6-9H,4-5H2,1-3H3,(H,18,22). The van der Waals surface area contributed by atoms with Gasteiger partial charge in [-0.2, -0.15) is 0 Å². The molecule has 8 nitrogen and oxygen atoms in total. The molecular weight excluding hydrogens is 324 g/mol. The molecule has 2 aromatic heterocycles. The highest BCUT2D eigenvalue weighted by molar-refractivity contribution is 6.04. The summed E-state index contributed by atoms with van der Waals surface area (Å²) in [5.41, 5.74) is 1.36. The summed E-state index contributed by atoms with van der Waals surface area (Å²) < 4.78 is 15.9. The van der Waals surface area contributed by atoms with Crippen LogP contribution in [0.1, 0.15) is 35.5 Å². The number of methoxy groups -OCH3 is 1. The maximum absolute atomic E-state index is 12.4. The molecule has 0 spiro atoms. The Hall–Kier alpha value is -3.16. The fourth-order valence-corrected chi connectivity index (χ4v) is 2.32. The van der Waals surface area contributed by atoms with Crippen molar-refractivity contribution < 1.29 is 18.5 Å². The molecule has 2 heterocycles. The lowest BCUT2D eigenvalue weighted by molar-refractivity contribution is 0.101. The minimum atomic E-state index is -0.386. The number of carbonyl (C=O) groups is 1. The summed E-state index contributed by atoms with van der Waals surface area (Å²) in [6.07, 6.45) is 1.64. The lowest BCUT2D eigenvalue weighted by atomic mass is 10.1. The molecule has 8 heteroatoms. The van der Waals surface area contributed by atoms with Gasteiger partial charge < -0.3 is 19.0 Å². The summed E-state index contributed by atoms with van der Waals surface area (Å²) in [5.74, 6) is 1.62. The number of carbonyl (C=O) groups excluding carboxylic acids is 1. The van der Waals surface area contributed by atoms with Gasteiger partial charge in [0.15, 0.2) is 5.69 Å². The van der Waals surface area contributed by atoms with Gasteiger partial charge in [0, 0.05) is 25.0 Å². The van der Waals surface area contributed by atoms with E-state index >= 15 is 0 Å². The molecule has 0 fully saturated rings. The maximum atomic E-state index is 12.4. The normalized spacial score (nSPS) is 10.7. The second-order valence-corrected chi connectivity index (χ2v) is 5.42. The summed E-state index contributed by atoms with van der Waals surface area (Å²) in [6.45, 7) is 3.74.